The van der Waals surface area contributed by atoms with E-state index in [1.165, 1.54) is 0 Å². The Morgan fingerprint density at radius 2 is 2.18 bits per heavy atom. The first kappa shape index (κ1) is 14.0. The lowest BCUT2D eigenvalue weighted by atomic mass is 10.2. The predicted molar refractivity (Wildman–Crippen MR) is 70.5 cm³/mol. The van der Waals surface area contributed by atoms with E-state index in [0.717, 1.165) is 31.5 Å². The summed E-state index contributed by atoms with van der Waals surface area (Å²) in [7, 11) is 1.83. The summed E-state index contributed by atoms with van der Waals surface area (Å²) in [6, 6.07) is 3.57. The Morgan fingerprint density at radius 1 is 1.41 bits per heavy atom. The van der Waals surface area contributed by atoms with E-state index < -0.39 is 0 Å². The van der Waals surface area contributed by atoms with Crippen molar-refractivity contribution in [2.24, 2.45) is 0 Å². The molecule has 0 unspecified atom stereocenters. The maximum Gasteiger partial charge on any atom is 0.253 e. The molecule has 0 saturated carbocycles. The lowest BCUT2D eigenvalue weighted by Gasteiger charge is -2.17. The molecule has 1 rings (SSSR count). The predicted octanol–water partition coefficient (Wildman–Crippen LogP) is 2.87. The van der Waals surface area contributed by atoms with Gasteiger partial charge in [0, 0.05) is 36.9 Å². The number of amides is 1. The van der Waals surface area contributed by atoms with Crippen molar-refractivity contribution < 1.29 is 4.79 Å². The Balaban J connectivity index is 2.46. The Morgan fingerprint density at radius 3 is 2.82 bits per heavy atom. The maximum absolute atomic E-state index is 12.0. The van der Waals surface area contributed by atoms with Crippen LogP contribution in [0.1, 0.15) is 35.3 Å². The van der Waals surface area contributed by atoms with Crippen LogP contribution in [0.15, 0.2) is 18.3 Å². The van der Waals surface area contributed by atoms with Gasteiger partial charge < -0.3 is 4.90 Å². The summed E-state index contributed by atoms with van der Waals surface area (Å²) in [5.41, 5.74) is 1.57. The van der Waals surface area contributed by atoms with Gasteiger partial charge in [0.2, 0.25) is 0 Å². The number of halogens is 1. The smallest absolute Gasteiger partial charge is 0.253 e. The van der Waals surface area contributed by atoms with Crippen LogP contribution in [0, 0.1) is 6.92 Å². The van der Waals surface area contributed by atoms with E-state index in [4.69, 9.17) is 11.6 Å². The van der Waals surface area contributed by atoms with Crippen LogP contribution in [0.5, 0.6) is 0 Å². The number of aromatic nitrogens is 1. The average Bonchev–Trinajstić information content (AvgIpc) is 2.33. The fourth-order valence-corrected chi connectivity index (χ4v) is 1.81. The Labute approximate surface area is 108 Å². The van der Waals surface area contributed by atoms with Gasteiger partial charge in [-0.25, -0.2) is 0 Å². The molecule has 0 atom stereocenters. The minimum Gasteiger partial charge on any atom is -0.342 e. The van der Waals surface area contributed by atoms with Crippen molar-refractivity contribution in [2.75, 3.05) is 19.5 Å². The van der Waals surface area contributed by atoms with Gasteiger partial charge in [0.25, 0.3) is 5.91 Å². The average molecular weight is 255 g/mol. The van der Waals surface area contributed by atoms with Gasteiger partial charge in [0.05, 0.1) is 0 Å². The topological polar surface area (TPSA) is 33.2 Å². The van der Waals surface area contributed by atoms with Gasteiger partial charge in [-0.15, -0.1) is 11.6 Å². The Kier molecular flexibility index (Phi) is 5.98. The summed E-state index contributed by atoms with van der Waals surface area (Å²) >= 11 is 5.61. The van der Waals surface area contributed by atoms with Gasteiger partial charge in [-0.05, 0) is 31.9 Å². The van der Waals surface area contributed by atoms with Crippen LogP contribution in [0.25, 0.3) is 0 Å². The fourth-order valence-electron chi connectivity index (χ4n) is 1.62. The van der Waals surface area contributed by atoms with Crippen LogP contribution < -0.4 is 0 Å². The van der Waals surface area contributed by atoms with Crippen molar-refractivity contribution >= 4 is 17.5 Å². The van der Waals surface area contributed by atoms with E-state index >= 15 is 0 Å². The third-order valence-electron chi connectivity index (χ3n) is 2.62. The molecule has 1 heterocycles. The van der Waals surface area contributed by atoms with E-state index in [1.54, 1.807) is 17.2 Å². The quantitative estimate of drug-likeness (QED) is 0.578. The molecule has 4 heteroatoms. The van der Waals surface area contributed by atoms with Crippen molar-refractivity contribution in [3.05, 3.63) is 29.6 Å². The molecule has 0 aliphatic carbocycles. The van der Waals surface area contributed by atoms with Gasteiger partial charge >= 0.3 is 0 Å². The lowest BCUT2D eigenvalue weighted by molar-refractivity contribution is 0.0792. The highest BCUT2D eigenvalue weighted by Crippen LogP contribution is 2.06. The number of hydrogen-bond donors (Lipinski definition) is 0. The number of rotatable bonds is 6. The first-order valence-corrected chi connectivity index (χ1v) is 6.42. The number of nitrogens with zero attached hydrogens (tertiary/aromatic N) is 2. The zero-order valence-corrected chi connectivity index (χ0v) is 11.2. The molecule has 0 aromatic carbocycles. The third kappa shape index (κ3) is 4.73. The number of unbranched alkanes of at least 4 members (excludes halogenated alkanes) is 2. The molecular formula is C13H19ClN2O. The van der Waals surface area contributed by atoms with E-state index in [2.05, 4.69) is 4.98 Å². The Hall–Kier alpha value is -1.09. The highest BCUT2D eigenvalue weighted by Gasteiger charge is 2.11. The minimum atomic E-state index is 0.0568. The molecular weight excluding hydrogens is 236 g/mol. The first-order chi connectivity index (χ1) is 8.15. The molecule has 17 heavy (non-hydrogen) atoms. The van der Waals surface area contributed by atoms with Gasteiger partial charge in [0.15, 0.2) is 0 Å². The second-order valence-corrected chi connectivity index (χ2v) is 4.54. The second-order valence-electron chi connectivity index (χ2n) is 4.16. The molecule has 0 fully saturated rings. The normalized spacial score (nSPS) is 10.3. The van der Waals surface area contributed by atoms with Crippen LogP contribution in [-0.2, 0) is 0 Å². The number of hydrogen-bond acceptors (Lipinski definition) is 2. The van der Waals surface area contributed by atoms with Crippen molar-refractivity contribution in [2.45, 2.75) is 26.2 Å². The fraction of sp³-hybridized carbons (Fsp3) is 0.538. The van der Waals surface area contributed by atoms with Gasteiger partial charge in [-0.2, -0.15) is 0 Å². The molecule has 1 amide bonds. The molecule has 1 aromatic heterocycles. The minimum absolute atomic E-state index is 0.0568. The molecule has 3 nitrogen and oxygen atoms in total. The van der Waals surface area contributed by atoms with Gasteiger partial charge in [0.1, 0.15) is 0 Å². The summed E-state index contributed by atoms with van der Waals surface area (Å²) in [6.45, 7) is 2.66. The summed E-state index contributed by atoms with van der Waals surface area (Å²) in [6.07, 6.45) is 4.75. The molecule has 0 bridgehead atoms. The van der Waals surface area contributed by atoms with Gasteiger partial charge in [-0.3, -0.25) is 9.78 Å². The van der Waals surface area contributed by atoms with Crippen molar-refractivity contribution in [3.8, 4) is 0 Å². The lowest BCUT2D eigenvalue weighted by Crippen LogP contribution is -2.27. The number of alkyl halides is 1. The molecule has 0 radical (unpaired) electrons. The van der Waals surface area contributed by atoms with Crippen LogP contribution in [0.4, 0.5) is 0 Å². The van der Waals surface area contributed by atoms with Crippen LogP contribution >= 0.6 is 11.6 Å². The van der Waals surface area contributed by atoms with E-state index in [-0.39, 0.29) is 5.91 Å². The number of carbonyl (C=O) groups is 1. The zero-order valence-electron chi connectivity index (χ0n) is 10.4. The number of carbonyl (C=O) groups excluding carboxylic acids is 1. The van der Waals surface area contributed by atoms with Gasteiger partial charge in [-0.1, -0.05) is 6.42 Å². The molecule has 0 saturated heterocycles. The third-order valence-corrected chi connectivity index (χ3v) is 2.88. The summed E-state index contributed by atoms with van der Waals surface area (Å²) < 4.78 is 0. The molecule has 0 spiro atoms. The molecule has 0 N–H and O–H groups in total. The van der Waals surface area contributed by atoms with E-state index in [9.17, 15) is 4.79 Å². The zero-order chi connectivity index (χ0) is 12.7. The van der Waals surface area contributed by atoms with Crippen molar-refractivity contribution in [1.82, 2.24) is 9.88 Å². The van der Waals surface area contributed by atoms with E-state index in [1.807, 2.05) is 20.0 Å². The molecule has 0 aliphatic heterocycles. The van der Waals surface area contributed by atoms with Crippen LogP contribution in [0.2, 0.25) is 0 Å². The monoisotopic (exact) mass is 254 g/mol. The second kappa shape index (κ2) is 7.28. The van der Waals surface area contributed by atoms with Crippen LogP contribution in [-0.4, -0.2) is 35.3 Å². The highest BCUT2D eigenvalue weighted by atomic mass is 35.5. The summed E-state index contributed by atoms with van der Waals surface area (Å²) in [4.78, 5) is 17.9. The molecule has 0 aliphatic rings. The summed E-state index contributed by atoms with van der Waals surface area (Å²) in [5.74, 6) is 0.752. The largest absolute Gasteiger partial charge is 0.342 e. The Bertz CT molecular complexity index is 368. The number of aryl methyl sites for hydroxylation is 1. The first-order valence-electron chi connectivity index (χ1n) is 5.89. The molecule has 1 aromatic rings. The standard InChI is InChI=1S/C13H19ClN2O/c1-11-10-12(6-8-15-11)13(17)16(2)9-5-3-4-7-14/h6,8,10H,3-5,7,9H2,1-2H3. The summed E-state index contributed by atoms with van der Waals surface area (Å²) in [5, 5.41) is 0. The van der Waals surface area contributed by atoms with E-state index in [0.29, 0.717) is 11.4 Å². The van der Waals surface area contributed by atoms with Crippen molar-refractivity contribution in [3.63, 3.8) is 0 Å². The van der Waals surface area contributed by atoms with Crippen LogP contribution in [0.3, 0.4) is 0 Å². The van der Waals surface area contributed by atoms with Crippen molar-refractivity contribution in [1.29, 1.82) is 0 Å². The molecule has 94 valence electrons. The SMILES string of the molecule is Cc1cc(C(=O)N(C)CCCCCCl)ccn1. The number of pyridine rings is 1. The maximum atomic E-state index is 12.0. The highest BCUT2D eigenvalue weighted by molar-refractivity contribution is 6.17.